The number of rotatable bonds is 2. The van der Waals surface area contributed by atoms with Crippen LogP contribution in [0.1, 0.15) is 57.5 Å². The van der Waals surface area contributed by atoms with Gasteiger partial charge in [-0.05, 0) is 54.5 Å². The minimum Gasteiger partial charge on any atom is -0.472 e. The van der Waals surface area contributed by atoms with Crippen LogP contribution in [0.3, 0.4) is 0 Å². The fourth-order valence-corrected chi connectivity index (χ4v) is 1.41. The third kappa shape index (κ3) is 5.28. The third-order valence-corrected chi connectivity index (χ3v) is 2.07. The normalized spacial score (nSPS) is 12.2. The Morgan fingerprint density at radius 1 is 1.11 bits per heavy atom. The second kappa shape index (κ2) is 5.19. The Labute approximate surface area is 115 Å². The van der Waals surface area contributed by atoms with E-state index in [-0.39, 0.29) is 11.6 Å². The number of aryl methyl sites for hydroxylation is 1. The molecule has 0 amide bonds. The van der Waals surface area contributed by atoms with Crippen LogP contribution in [0.25, 0.3) is 0 Å². The van der Waals surface area contributed by atoms with Crippen LogP contribution in [0, 0.1) is 6.92 Å². The highest BCUT2D eigenvalue weighted by Crippen LogP contribution is 2.21. The molecule has 0 aliphatic heterocycles. The summed E-state index contributed by atoms with van der Waals surface area (Å²) in [5, 5.41) is 0. The molecule has 0 saturated carbocycles. The van der Waals surface area contributed by atoms with E-state index < -0.39 is 5.60 Å². The molecule has 106 valence electrons. The van der Waals surface area contributed by atoms with Gasteiger partial charge in [-0.2, -0.15) is 0 Å². The molecule has 19 heavy (non-hydrogen) atoms. The van der Waals surface area contributed by atoms with E-state index in [9.17, 15) is 4.79 Å². The SMILES string of the molecule is Cc1cc(C(=O)OC(C)(C)C)cnc1OC(C)(C)C. The smallest absolute Gasteiger partial charge is 0.340 e. The molecule has 0 aromatic carbocycles. The zero-order valence-corrected chi connectivity index (χ0v) is 12.8. The predicted octanol–water partition coefficient (Wildman–Crippen LogP) is 3.52. The van der Waals surface area contributed by atoms with Gasteiger partial charge >= 0.3 is 5.97 Å². The summed E-state index contributed by atoms with van der Waals surface area (Å²) in [5.74, 6) is 0.171. The third-order valence-electron chi connectivity index (χ3n) is 2.07. The average molecular weight is 265 g/mol. The van der Waals surface area contributed by atoms with Gasteiger partial charge in [-0.25, -0.2) is 9.78 Å². The van der Waals surface area contributed by atoms with Crippen molar-refractivity contribution in [2.24, 2.45) is 0 Å². The lowest BCUT2D eigenvalue weighted by atomic mass is 10.1. The molecule has 0 bridgehead atoms. The first-order chi connectivity index (χ1) is 8.48. The molecular formula is C15H23NO3. The lowest BCUT2D eigenvalue weighted by Crippen LogP contribution is -2.25. The highest BCUT2D eigenvalue weighted by Gasteiger charge is 2.20. The second-order valence-corrected chi connectivity index (χ2v) is 6.56. The number of hydrogen-bond donors (Lipinski definition) is 0. The molecule has 0 atom stereocenters. The Bertz CT molecular complexity index is 467. The molecule has 0 N–H and O–H groups in total. The number of nitrogens with zero attached hydrogens (tertiary/aromatic N) is 1. The van der Waals surface area contributed by atoms with E-state index in [2.05, 4.69) is 4.98 Å². The Kier molecular flexibility index (Phi) is 4.23. The van der Waals surface area contributed by atoms with Crippen LogP contribution in [-0.4, -0.2) is 22.2 Å². The molecule has 4 heteroatoms. The minimum absolute atomic E-state index is 0.314. The largest absolute Gasteiger partial charge is 0.472 e. The van der Waals surface area contributed by atoms with Gasteiger partial charge < -0.3 is 9.47 Å². The minimum atomic E-state index is -0.508. The van der Waals surface area contributed by atoms with E-state index in [1.165, 1.54) is 6.20 Å². The van der Waals surface area contributed by atoms with Crippen molar-refractivity contribution in [3.8, 4) is 5.88 Å². The van der Waals surface area contributed by atoms with E-state index in [1.54, 1.807) is 6.07 Å². The molecule has 0 spiro atoms. The fourth-order valence-electron chi connectivity index (χ4n) is 1.41. The van der Waals surface area contributed by atoms with Crippen molar-refractivity contribution in [1.29, 1.82) is 0 Å². The predicted molar refractivity (Wildman–Crippen MR) is 74.5 cm³/mol. The number of carbonyl (C=O) groups is 1. The molecule has 4 nitrogen and oxygen atoms in total. The Morgan fingerprint density at radius 2 is 1.68 bits per heavy atom. The highest BCUT2D eigenvalue weighted by molar-refractivity contribution is 5.89. The number of aromatic nitrogens is 1. The van der Waals surface area contributed by atoms with Crippen molar-refractivity contribution in [2.75, 3.05) is 0 Å². The molecule has 1 aromatic heterocycles. The van der Waals surface area contributed by atoms with Crippen LogP contribution < -0.4 is 4.74 Å². The van der Waals surface area contributed by atoms with Gasteiger partial charge in [0.05, 0.1) is 5.56 Å². The van der Waals surface area contributed by atoms with Crippen LogP contribution in [0.15, 0.2) is 12.3 Å². The number of pyridine rings is 1. The van der Waals surface area contributed by atoms with Gasteiger partial charge in [-0.15, -0.1) is 0 Å². The van der Waals surface area contributed by atoms with Crippen molar-refractivity contribution >= 4 is 5.97 Å². The maximum Gasteiger partial charge on any atom is 0.340 e. The number of hydrogen-bond acceptors (Lipinski definition) is 4. The average Bonchev–Trinajstić information content (AvgIpc) is 2.16. The Hall–Kier alpha value is -1.58. The van der Waals surface area contributed by atoms with Crippen molar-refractivity contribution in [2.45, 2.75) is 59.7 Å². The molecule has 1 aromatic rings. The Morgan fingerprint density at radius 3 is 2.11 bits per heavy atom. The highest BCUT2D eigenvalue weighted by atomic mass is 16.6. The quantitative estimate of drug-likeness (QED) is 0.768. The van der Waals surface area contributed by atoms with Gasteiger partial charge in [0.25, 0.3) is 0 Å². The van der Waals surface area contributed by atoms with E-state index in [0.717, 1.165) is 5.56 Å². The van der Waals surface area contributed by atoms with Crippen LogP contribution >= 0.6 is 0 Å². The summed E-state index contributed by atoms with van der Waals surface area (Å²) in [6.07, 6.45) is 1.49. The maximum atomic E-state index is 11.9. The summed E-state index contributed by atoms with van der Waals surface area (Å²) in [6.45, 7) is 13.2. The summed E-state index contributed by atoms with van der Waals surface area (Å²) in [7, 11) is 0. The van der Waals surface area contributed by atoms with Gasteiger partial charge in [0.1, 0.15) is 11.2 Å². The number of carbonyl (C=O) groups excluding carboxylic acids is 1. The summed E-state index contributed by atoms with van der Waals surface area (Å²) >= 11 is 0. The van der Waals surface area contributed by atoms with Gasteiger partial charge in [0.2, 0.25) is 5.88 Å². The van der Waals surface area contributed by atoms with Crippen LogP contribution in [0.4, 0.5) is 0 Å². The second-order valence-electron chi connectivity index (χ2n) is 6.56. The fraction of sp³-hybridized carbons (Fsp3) is 0.600. The molecule has 0 aliphatic rings. The van der Waals surface area contributed by atoms with Crippen molar-refractivity contribution < 1.29 is 14.3 Å². The summed E-state index contributed by atoms with van der Waals surface area (Å²) in [5.41, 5.74) is 0.434. The van der Waals surface area contributed by atoms with Crippen molar-refractivity contribution in [1.82, 2.24) is 4.98 Å². The zero-order valence-electron chi connectivity index (χ0n) is 12.8. The van der Waals surface area contributed by atoms with Gasteiger partial charge in [-0.3, -0.25) is 0 Å². The molecule has 1 heterocycles. The zero-order chi connectivity index (χ0) is 14.8. The van der Waals surface area contributed by atoms with E-state index in [1.807, 2.05) is 48.5 Å². The summed E-state index contributed by atoms with van der Waals surface area (Å²) in [4.78, 5) is 16.1. The molecule has 1 rings (SSSR count). The first-order valence-electron chi connectivity index (χ1n) is 6.37. The van der Waals surface area contributed by atoms with Crippen molar-refractivity contribution in [3.63, 3.8) is 0 Å². The van der Waals surface area contributed by atoms with Gasteiger partial charge in [0.15, 0.2) is 0 Å². The van der Waals surface area contributed by atoms with Crippen molar-refractivity contribution in [3.05, 3.63) is 23.4 Å². The number of esters is 1. The van der Waals surface area contributed by atoms with Gasteiger partial charge in [0, 0.05) is 11.8 Å². The van der Waals surface area contributed by atoms with E-state index in [0.29, 0.717) is 11.4 Å². The molecule has 0 saturated heterocycles. The molecular weight excluding hydrogens is 242 g/mol. The first kappa shape index (κ1) is 15.5. The summed E-state index contributed by atoms with van der Waals surface area (Å²) < 4.78 is 11.0. The summed E-state index contributed by atoms with van der Waals surface area (Å²) in [6, 6.07) is 1.74. The van der Waals surface area contributed by atoms with Gasteiger partial charge in [-0.1, -0.05) is 0 Å². The number of ether oxygens (including phenoxy) is 2. The molecule has 0 unspecified atom stereocenters. The standard InChI is InChI=1S/C15H23NO3/c1-10-8-11(13(17)19-15(5,6)7)9-16-12(10)18-14(2,3)4/h8-9H,1-7H3. The lowest BCUT2D eigenvalue weighted by molar-refractivity contribution is 0.00688. The maximum absolute atomic E-state index is 11.9. The lowest BCUT2D eigenvalue weighted by Gasteiger charge is -2.22. The monoisotopic (exact) mass is 265 g/mol. The molecule has 0 fully saturated rings. The molecule has 0 radical (unpaired) electrons. The Balaban J connectivity index is 2.91. The van der Waals surface area contributed by atoms with E-state index >= 15 is 0 Å². The topological polar surface area (TPSA) is 48.4 Å². The first-order valence-corrected chi connectivity index (χ1v) is 6.37. The van der Waals surface area contributed by atoms with E-state index in [4.69, 9.17) is 9.47 Å². The molecule has 0 aliphatic carbocycles. The van der Waals surface area contributed by atoms with Crippen LogP contribution in [0.5, 0.6) is 5.88 Å². The van der Waals surface area contributed by atoms with Crippen LogP contribution in [0.2, 0.25) is 0 Å². The van der Waals surface area contributed by atoms with Crippen LogP contribution in [-0.2, 0) is 4.74 Å².